The van der Waals surface area contributed by atoms with E-state index < -0.39 is 0 Å². The molecule has 1 N–H and O–H groups in total. The maximum absolute atomic E-state index is 12.7. The van der Waals surface area contributed by atoms with Crippen molar-refractivity contribution in [1.29, 1.82) is 0 Å². The van der Waals surface area contributed by atoms with Gasteiger partial charge in [0.25, 0.3) is 5.91 Å². The highest BCUT2D eigenvalue weighted by atomic mass is 16.5. The molecule has 6 heteroatoms. The Kier molecular flexibility index (Phi) is 5.22. The molecule has 0 unspecified atom stereocenters. The Morgan fingerprint density at radius 3 is 2.38 bits per heavy atom. The van der Waals surface area contributed by atoms with E-state index in [1.54, 1.807) is 24.5 Å². The number of hydrogen-bond acceptors (Lipinski definition) is 5. The van der Waals surface area contributed by atoms with Crippen molar-refractivity contribution in [3.8, 4) is 5.88 Å². The average Bonchev–Trinajstić information content (AvgIpc) is 2.66. The Labute approximate surface area is 152 Å². The number of nitrogens with one attached hydrogen (secondary N) is 1. The Bertz CT molecular complexity index is 875. The van der Waals surface area contributed by atoms with E-state index in [1.165, 1.54) is 7.11 Å². The summed E-state index contributed by atoms with van der Waals surface area (Å²) in [5.74, 6) is 0.0489. The van der Waals surface area contributed by atoms with Gasteiger partial charge in [-0.1, -0.05) is 35.4 Å². The summed E-state index contributed by atoms with van der Waals surface area (Å²) >= 11 is 0. The standard InChI is InChI=1S/C20H20N4O2/c1-13-9-14(2)11-16(10-13)19(15-5-4-8-21-12-15)22-20(25)17-6-7-18(26-3)24-23-17/h4-12,19H,1-3H3,(H,22,25)/t19-/m0/s1. The van der Waals surface area contributed by atoms with E-state index in [0.29, 0.717) is 5.88 Å². The molecule has 2 heterocycles. The largest absolute Gasteiger partial charge is 0.480 e. The summed E-state index contributed by atoms with van der Waals surface area (Å²) in [7, 11) is 1.50. The topological polar surface area (TPSA) is 77.0 Å². The molecule has 26 heavy (non-hydrogen) atoms. The minimum absolute atomic E-state index is 0.226. The number of amides is 1. The van der Waals surface area contributed by atoms with Crippen LogP contribution < -0.4 is 10.1 Å². The lowest BCUT2D eigenvalue weighted by atomic mass is 9.96. The quantitative estimate of drug-likeness (QED) is 0.767. The number of hydrogen-bond donors (Lipinski definition) is 1. The van der Waals surface area contributed by atoms with Gasteiger partial charge < -0.3 is 10.1 Å². The molecule has 0 aliphatic heterocycles. The van der Waals surface area contributed by atoms with Crippen LogP contribution in [0.15, 0.2) is 54.9 Å². The molecule has 0 spiro atoms. The number of nitrogens with zero attached hydrogens (tertiary/aromatic N) is 3. The molecule has 0 saturated heterocycles. The summed E-state index contributed by atoms with van der Waals surface area (Å²) in [6.07, 6.45) is 3.46. The van der Waals surface area contributed by atoms with Crippen molar-refractivity contribution < 1.29 is 9.53 Å². The van der Waals surface area contributed by atoms with Crippen LogP contribution in [0, 0.1) is 13.8 Å². The van der Waals surface area contributed by atoms with Gasteiger partial charge in [-0.15, -0.1) is 10.2 Å². The molecule has 132 valence electrons. The zero-order valence-corrected chi connectivity index (χ0v) is 14.9. The Morgan fingerprint density at radius 1 is 1.04 bits per heavy atom. The highest BCUT2D eigenvalue weighted by Gasteiger charge is 2.19. The third kappa shape index (κ3) is 4.03. The van der Waals surface area contributed by atoms with Crippen molar-refractivity contribution in [3.63, 3.8) is 0 Å². The number of methoxy groups -OCH3 is 1. The fourth-order valence-corrected chi connectivity index (χ4v) is 2.84. The van der Waals surface area contributed by atoms with Crippen molar-refractivity contribution in [2.75, 3.05) is 7.11 Å². The van der Waals surface area contributed by atoms with Gasteiger partial charge in [0.05, 0.1) is 13.2 Å². The number of ether oxygens (including phenoxy) is 1. The number of aromatic nitrogens is 3. The van der Waals surface area contributed by atoms with Crippen LogP contribution in [0.25, 0.3) is 0 Å². The first kappa shape index (κ1) is 17.5. The lowest BCUT2D eigenvalue weighted by Gasteiger charge is -2.20. The van der Waals surface area contributed by atoms with Gasteiger partial charge in [-0.25, -0.2) is 0 Å². The summed E-state index contributed by atoms with van der Waals surface area (Å²) < 4.78 is 4.98. The molecule has 0 fully saturated rings. The van der Waals surface area contributed by atoms with Crippen molar-refractivity contribution in [2.45, 2.75) is 19.9 Å². The number of pyridine rings is 1. The van der Waals surface area contributed by atoms with Crippen LogP contribution in [0.5, 0.6) is 5.88 Å². The first-order valence-electron chi connectivity index (χ1n) is 8.23. The minimum Gasteiger partial charge on any atom is -0.480 e. The Balaban J connectivity index is 1.94. The van der Waals surface area contributed by atoms with Crippen molar-refractivity contribution in [3.05, 3.63) is 82.8 Å². The van der Waals surface area contributed by atoms with Crippen LogP contribution in [-0.4, -0.2) is 28.2 Å². The van der Waals surface area contributed by atoms with Crippen LogP contribution in [-0.2, 0) is 0 Å². The van der Waals surface area contributed by atoms with Crippen LogP contribution in [0.2, 0.25) is 0 Å². The van der Waals surface area contributed by atoms with Gasteiger partial charge in [0.2, 0.25) is 5.88 Å². The normalized spacial score (nSPS) is 11.7. The summed E-state index contributed by atoms with van der Waals surface area (Å²) in [5, 5.41) is 10.8. The summed E-state index contributed by atoms with van der Waals surface area (Å²) in [6.45, 7) is 4.07. The number of benzene rings is 1. The van der Waals surface area contributed by atoms with E-state index in [9.17, 15) is 4.79 Å². The highest BCUT2D eigenvalue weighted by Crippen LogP contribution is 2.24. The van der Waals surface area contributed by atoms with Gasteiger partial charge in [-0.05, 0) is 37.1 Å². The molecule has 1 amide bonds. The SMILES string of the molecule is COc1ccc(C(=O)N[C@@H](c2cccnc2)c2cc(C)cc(C)c2)nn1. The number of carbonyl (C=O) groups is 1. The van der Waals surface area contributed by atoms with Gasteiger partial charge in [-0.2, -0.15) is 0 Å². The van der Waals surface area contributed by atoms with Crippen molar-refractivity contribution >= 4 is 5.91 Å². The number of rotatable bonds is 5. The number of carbonyl (C=O) groups excluding carboxylic acids is 1. The van der Waals surface area contributed by atoms with Crippen LogP contribution in [0.4, 0.5) is 0 Å². The van der Waals surface area contributed by atoms with Gasteiger partial charge >= 0.3 is 0 Å². The molecule has 2 aromatic heterocycles. The van der Waals surface area contributed by atoms with Crippen LogP contribution in [0.3, 0.4) is 0 Å². The molecule has 0 radical (unpaired) electrons. The fraction of sp³-hybridized carbons (Fsp3) is 0.200. The maximum atomic E-state index is 12.7. The first-order chi connectivity index (χ1) is 12.6. The molecule has 0 aliphatic carbocycles. The van der Waals surface area contributed by atoms with E-state index in [2.05, 4.69) is 38.7 Å². The molecule has 1 aromatic carbocycles. The first-order valence-corrected chi connectivity index (χ1v) is 8.23. The van der Waals surface area contributed by atoms with E-state index in [1.807, 2.05) is 26.0 Å². The highest BCUT2D eigenvalue weighted by molar-refractivity contribution is 5.92. The lowest BCUT2D eigenvalue weighted by Crippen LogP contribution is -2.30. The number of aryl methyl sites for hydroxylation is 2. The zero-order valence-electron chi connectivity index (χ0n) is 14.9. The molecular weight excluding hydrogens is 328 g/mol. The molecule has 3 aromatic rings. The van der Waals surface area contributed by atoms with Gasteiger partial charge in [0, 0.05) is 18.5 Å². The third-order valence-electron chi connectivity index (χ3n) is 3.95. The average molecular weight is 348 g/mol. The summed E-state index contributed by atoms with van der Waals surface area (Å²) in [4.78, 5) is 16.9. The molecular formula is C20H20N4O2. The van der Waals surface area contributed by atoms with E-state index in [4.69, 9.17) is 4.74 Å². The molecule has 1 atom stereocenters. The van der Waals surface area contributed by atoms with Gasteiger partial charge in [0.15, 0.2) is 5.69 Å². The molecule has 3 rings (SSSR count). The Morgan fingerprint density at radius 2 is 1.81 bits per heavy atom. The predicted molar refractivity (Wildman–Crippen MR) is 98.0 cm³/mol. The van der Waals surface area contributed by atoms with Crippen molar-refractivity contribution in [2.24, 2.45) is 0 Å². The van der Waals surface area contributed by atoms with Crippen molar-refractivity contribution in [1.82, 2.24) is 20.5 Å². The maximum Gasteiger partial charge on any atom is 0.272 e. The predicted octanol–water partition coefficient (Wildman–Crippen LogP) is 3.02. The lowest BCUT2D eigenvalue weighted by molar-refractivity contribution is 0.0936. The van der Waals surface area contributed by atoms with E-state index in [0.717, 1.165) is 22.3 Å². The second-order valence-electron chi connectivity index (χ2n) is 6.07. The fourth-order valence-electron chi connectivity index (χ4n) is 2.84. The van der Waals surface area contributed by atoms with E-state index in [-0.39, 0.29) is 17.6 Å². The Hall–Kier alpha value is -3.28. The monoisotopic (exact) mass is 348 g/mol. The van der Waals surface area contributed by atoms with E-state index >= 15 is 0 Å². The zero-order chi connectivity index (χ0) is 18.5. The van der Waals surface area contributed by atoms with Crippen LogP contribution >= 0.6 is 0 Å². The second-order valence-corrected chi connectivity index (χ2v) is 6.07. The third-order valence-corrected chi connectivity index (χ3v) is 3.95. The second kappa shape index (κ2) is 7.74. The van der Waals surface area contributed by atoms with Gasteiger partial charge in [0.1, 0.15) is 0 Å². The minimum atomic E-state index is -0.335. The summed E-state index contributed by atoms with van der Waals surface area (Å²) in [5.41, 5.74) is 4.38. The molecule has 0 saturated carbocycles. The van der Waals surface area contributed by atoms with Gasteiger partial charge in [-0.3, -0.25) is 9.78 Å². The van der Waals surface area contributed by atoms with Crippen LogP contribution in [0.1, 0.15) is 38.8 Å². The molecule has 0 bridgehead atoms. The smallest absolute Gasteiger partial charge is 0.272 e. The molecule has 6 nitrogen and oxygen atoms in total. The molecule has 0 aliphatic rings. The summed E-state index contributed by atoms with van der Waals surface area (Å²) in [6, 6.07) is 12.9.